The zero-order valence-electron chi connectivity index (χ0n) is 12.0. The topological polar surface area (TPSA) is 29.9 Å². The third kappa shape index (κ3) is 3.25. The summed E-state index contributed by atoms with van der Waals surface area (Å²) in [6.45, 7) is 5.20. The van der Waals surface area contributed by atoms with Gasteiger partial charge in [-0.25, -0.2) is 0 Å². The van der Waals surface area contributed by atoms with Gasteiger partial charge in [-0.3, -0.25) is 4.68 Å². The van der Waals surface area contributed by atoms with Crippen LogP contribution in [0.4, 0.5) is 0 Å². The number of hydrogen-bond acceptors (Lipinski definition) is 2. The van der Waals surface area contributed by atoms with E-state index in [0.29, 0.717) is 5.02 Å². The van der Waals surface area contributed by atoms with Crippen LogP contribution in [0.25, 0.3) is 0 Å². The van der Waals surface area contributed by atoms with E-state index >= 15 is 0 Å². The molecule has 0 saturated carbocycles. The zero-order valence-corrected chi connectivity index (χ0v) is 14.3. The summed E-state index contributed by atoms with van der Waals surface area (Å²) >= 11 is 9.83. The second-order valence-electron chi connectivity index (χ2n) is 4.89. The van der Waals surface area contributed by atoms with Crippen molar-refractivity contribution >= 4 is 27.5 Å². The molecule has 0 aliphatic rings. The maximum Gasteiger partial charge on any atom is 0.0837 e. The second-order valence-corrected chi connectivity index (χ2v) is 6.21. The Kier molecular flexibility index (Phi) is 5.24. The number of aromatic nitrogens is 2. The van der Waals surface area contributed by atoms with Crippen LogP contribution in [-0.4, -0.2) is 16.3 Å². The van der Waals surface area contributed by atoms with E-state index in [9.17, 15) is 0 Å². The number of rotatable bonds is 5. The number of aryl methyl sites for hydroxylation is 2. The fraction of sp³-hybridized carbons (Fsp3) is 0.400. The van der Waals surface area contributed by atoms with E-state index in [1.165, 1.54) is 11.1 Å². The molecule has 2 rings (SSSR count). The van der Waals surface area contributed by atoms with Gasteiger partial charge in [0.2, 0.25) is 0 Å². The summed E-state index contributed by atoms with van der Waals surface area (Å²) in [5.74, 6) is 0. The van der Waals surface area contributed by atoms with Gasteiger partial charge in [-0.2, -0.15) is 5.10 Å². The predicted molar refractivity (Wildman–Crippen MR) is 87.2 cm³/mol. The van der Waals surface area contributed by atoms with Gasteiger partial charge in [0.1, 0.15) is 0 Å². The van der Waals surface area contributed by atoms with Gasteiger partial charge in [0.15, 0.2) is 0 Å². The van der Waals surface area contributed by atoms with Crippen LogP contribution in [0.15, 0.2) is 28.9 Å². The molecule has 1 aromatic heterocycles. The standard InChI is InChI=1S/C15H19BrClN3/c1-4-7-18-14(15-13(17)9-19-20(15)3)12-6-5-11(16)8-10(12)2/h5-6,8-9,14,18H,4,7H2,1-3H3. The second kappa shape index (κ2) is 6.74. The van der Waals surface area contributed by atoms with E-state index in [4.69, 9.17) is 11.6 Å². The molecule has 3 nitrogen and oxygen atoms in total. The number of halogens is 2. The highest BCUT2D eigenvalue weighted by Crippen LogP contribution is 2.30. The predicted octanol–water partition coefficient (Wildman–Crippen LogP) is 4.23. The normalized spacial score (nSPS) is 12.7. The van der Waals surface area contributed by atoms with Gasteiger partial charge >= 0.3 is 0 Å². The molecular formula is C15H19BrClN3. The first kappa shape index (κ1) is 15.5. The van der Waals surface area contributed by atoms with Crippen LogP contribution in [0.5, 0.6) is 0 Å². The Hall–Kier alpha value is -0.840. The van der Waals surface area contributed by atoms with E-state index in [0.717, 1.165) is 23.1 Å². The molecule has 1 atom stereocenters. The quantitative estimate of drug-likeness (QED) is 0.868. The van der Waals surface area contributed by atoms with Crippen LogP contribution in [0, 0.1) is 6.92 Å². The molecule has 0 fully saturated rings. The van der Waals surface area contributed by atoms with Crippen LogP contribution in [-0.2, 0) is 7.05 Å². The fourth-order valence-corrected chi connectivity index (χ4v) is 3.10. The van der Waals surface area contributed by atoms with Crippen LogP contribution < -0.4 is 5.32 Å². The number of benzene rings is 1. The average molecular weight is 357 g/mol. The Morgan fingerprint density at radius 2 is 2.20 bits per heavy atom. The van der Waals surface area contributed by atoms with Gasteiger partial charge in [0.25, 0.3) is 0 Å². The highest BCUT2D eigenvalue weighted by Gasteiger charge is 2.21. The summed E-state index contributed by atoms with van der Waals surface area (Å²) in [6.07, 6.45) is 2.77. The Morgan fingerprint density at radius 1 is 1.45 bits per heavy atom. The van der Waals surface area contributed by atoms with Crippen LogP contribution in [0.2, 0.25) is 5.02 Å². The lowest BCUT2D eigenvalue weighted by Gasteiger charge is -2.22. The lowest BCUT2D eigenvalue weighted by atomic mass is 9.98. The Morgan fingerprint density at radius 3 is 2.75 bits per heavy atom. The largest absolute Gasteiger partial charge is 0.305 e. The third-order valence-corrected chi connectivity index (χ3v) is 4.14. The lowest BCUT2D eigenvalue weighted by Crippen LogP contribution is -2.26. The molecule has 0 saturated heterocycles. The van der Waals surface area contributed by atoms with Crippen molar-refractivity contribution in [3.05, 3.63) is 50.7 Å². The van der Waals surface area contributed by atoms with Crippen molar-refractivity contribution in [1.82, 2.24) is 15.1 Å². The van der Waals surface area contributed by atoms with Crippen molar-refractivity contribution in [3.63, 3.8) is 0 Å². The van der Waals surface area contributed by atoms with Crippen molar-refractivity contribution in [2.75, 3.05) is 6.54 Å². The molecule has 2 aromatic rings. The number of hydrogen-bond donors (Lipinski definition) is 1. The summed E-state index contributed by atoms with van der Waals surface area (Å²) in [7, 11) is 1.93. The molecule has 1 aromatic carbocycles. The minimum absolute atomic E-state index is 0.0584. The molecule has 108 valence electrons. The van der Waals surface area contributed by atoms with E-state index < -0.39 is 0 Å². The van der Waals surface area contributed by atoms with E-state index in [1.54, 1.807) is 6.20 Å². The zero-order chi connectivity index (χ0) is 14.7. The minimum atomic E-state index is 0.0584. The van der Waals surface area contributed by atoms with Gasteiger partial charge in [0.05, 0.1) is 23.0 Å². The van der Waals surface area contributed by atoms with Gasteiger partial charge in [-0.05, 0) is 43.1 Å². The highest BCUT2D eigenvalue weighted by atomic mass is 79.9. The van der Waals surface area contributed by atoms with Crippen molar-refractivity contribution in [2.24, 2.45) is 7.05 Å². The first-order valence-corrected chi connectivity index (χ1v) is 7.88. The highest BCUT2D eigenvalue weighted by molar-refractivity contribution is 9.10. The molecule has 1 unspecified atom stereocenters. The molecule has 1 N–H and O–H groups in total. The van der Waals surface area contributed by atoms with Crippen molar-refractivity contribution in [3.8, 4) is 0 Å². The third-order valence-electron chi connectivity index (χ3n) is 3.35. The first-order chi connectivity index (χ1) is 9.54. The van der Waals surface area contributed by atoms with Crippen LogP contribution >= 0.6 is 27.5 Å². The monoisotopic (exact) mass is 355 g/mol. The minimum Gasteiger partial charge on any atom is -0.305 e. The first-order valence-electron chi connectivity index (χ1n) is 6.71. The van der Waals surface area contributed by atoms with Gasteiger partial charge in [-0.15, -0.1) is 0 Å². The van der Waals surface area contributed by atoms with Crippen LogP contribution in [0.3, 0.4) is 0 Å². The molecule has 1 heterocycles. The SMILES string of the molecule is CCCNC(c1ccc(Br)cc1C)c1c(Cl)cnn1C. The molecule has 0 spiro atoms. The Bertz CT molecular complexity index is 575. The molecule has 0 aliphatic heterocycles. The Balaban J connectivity index is 2.47. The molecular weight excluding hydrogens is 338 g/mol. The van der Waals surface area contributed by atoms with Gasteiger partial charge < -0.3 is 5.32 Å². The lowest BCUT2D eigenvalue weighted by molar-refractivity contribution is 0.552. The van der Waals surface area contributed by atoms with E-state index in [-0.39, 0.29) is 6.04 Å². The van der Waals surface area contributed by atoms with Gasteiger partial charge in [0, 0.05) is 11.5 Å². The summed E-state index contributed by atoms with van der Waals surface area (Å²) in [5.41, 5.74) is 3.46. The summed E-state index contributed by atoms with van der Waals surface area (Å²) < 4.78 is 2.93. The molecule has 0 radical (unpaired) electrons. The summed E-state index contributed by atoms with van der Waals surface area (Å²) in [6, 6.07) is 6.38. The molecule has 0 aliphatic carbocycles. The number of nitrogens with one attached hydrogen (secondary N) is 1. The fourth-order valence-electron chi connectivity index (χ4n) is 2.35. The molecule has 0 amide bonds. The van der Waals surface area contributed by atoms with E-state index in [1.807, 2.05) is 11.7 Å². The molecule has 20 heavy (non-hydrogen) atoms. The average Bonchev–Trinajstić information content (AvgIpc) is 2.72. The maximum absolute atomic E-state index is 6.32. The molecule has 5 heteroatoms. The smallest absolute Gasteiger partial charge is 0.0837 e. The number of nitrogens with zero attached hydrogens (tertiary/aromatic N) is 2. The Labute approximate surface area is 133 Å². The van der Waals surface area contributed by atoms with Crippen LogP contribution in [0.1, 0.15) is 36.2 Å². The maximum atomic E-state index is 6.32. The van der Waals surface area contributed by atoms with Gasteiger partial charge in [-0.1, -0.05) is 40.5 Å². The van der Waals surface area contributed by atoms with Crippen molar-refractivity contribution < 1.29 is 0 Å². The van der Waals surface area contributed by atoms with Crippen molar-refractivity contribution in [1.29, 1.82) is 0 Å². The van der Waals surface area contributed by atoms with Crippen molar-refractivity contribution in [2.45, 2.75) is 26.3 Å². The summed E-state index contributed by atoms with van der Waals surface area (Å²) in [4.78, 5) is 0. The summed E-state index contributed by atoms with van der Waals surface area (Å²) in [5, 5.41) is 8.52. The van der Waals surface area contributed by atoms with E-state index in [2.05, 4.69) is 58.4 Å². The molecule has 0 bridgehead atoms.